The van der Waals surface area contributed by atoms with Crippen LogP contribution in [0.2, 0.25) is 5.02 Å². The highest BCUT2D eigenvalue weighted by atomic mass is 35.5. The Kier molecular flexibility index (Phi) is 6.31. The van der Waals surface area contributed by atoms with Crippen molar-refractivity contribution in [3.63, 3.8) is 0 Å². The Bertz CT molecular complexity index is 1350. The van der Waals surface area contributed by atoms with Gasteiger partial charge >= 0.3 is 0 Å². The summed E-state index contributed by atoms with van der Waals surface area (Å²) in [6.07, 6.45) is 0. The van der Waals surface area contributed by atoms with Crippen LogP contribution >= 0.6 is 11.6 Å². The summed E-state index contributed by atoms with van der Waals surface area (Å²) < 4.78 is 41.5. The molecule has 32 heavy (non-hydrogen) atoms. The molecule has 0 bridgehead atoms. The fraction of sp³-hybridized carbons (Fsp3) is 0. The van der Waals surface area contributed by atoms with Gasteiger partial charge in [0.25, 0.3) is 17.2 Å². The fourth-order valence-corrected chi connectivity index (χ4v) is 3.49. The SMILES string of the molecule is O=C(Nc1cccc(NS(=O)O)c1)c1cc2ccccc2nc1Oc1ccc(F)cc1Cl. The van der Waals surface area contributed by atoms with Crippen LogP contribution in [-0.4, -0.2) is 19.7 Å². The molecule has 0 aliphatic heterocycles. The largest absolute Gasteiger partial charge is 0.437 e. The molecule has 0 radical (unpaired) electrons. The topological polar surface area (TPSA) is 101 Å². The standard InChI is InChI=1S/C22H15ClFN3O4S/c23-18-11-14(24)8-9-20(18)31-22-17(10-13-4-1-2-7-19(13)26-22)21(28)25-15-5-3-6-16(12-15)27-32(29)30/h1-12,27H,(H,25,28)(H,29,30). The molecule has 1 amide bonds. The molecule has 1 aromatic heterocycles. The number of carbonyl (C=O) groups is 1. The van der Waals surface area contributed by atoms with Crippen molar-refractivity contribution in [2.24, 2.45) is 0 Å². The Morgan fingerprint density at radius 3 is 2.59 bits per heavy atom. The van der Waals surface area contributed by atoms with Gasteiger partial charge in [-0.15, -0.1) is 0 Å². The number of carbonyl (C=O) groups excluding carboxylic acids is 1. The number of nitrogens with one attached hydrogen (secondary N) is 2. The maximum atomic E-state index is 13.4. The van der Waals surface area contributed by atoms with Crippen LogP contribution in [0.15, 0.2) is 72.8 Å². The number of para-hydroxylation sites is 1. The first-order valence-corrected chi connectivity index (χ1v) is 10.7. The molecular formula is C22H15ClFN3O4S. The third-order valence-corrected chi connectivity index (χ3v) is 5.07. The Morgan fingerprint density at radius 1 is 1.03 bits per heavy atom. The molecule has 10 heteroatoms. The number of hydrogen-bond acceptors (Lipinski definition) is 4. The predicted molar refractivity (Wildman–Crippen MR) is 122 cm³/mol. The lowest BCUT2D eigenvalue weighted by molar-refractivity contribution is 0.102. The second-order valence-electron chi connectivity index (χ2n) is 6.60. The Labute approximate surface area is 189 Å². The van der Waals surface area contributed by atoms with Gasteiger partial charge in [0.15, 0.2) is 0 Å². The monoisotopic (exact) mass is 471 g/mol. The highest BCUT2D eigenvalue weighted by molar-refractivity contribution is 7.80. The molecule has 0 fully saturated rings. The number of nitrogens with zero attached hydrogens (tertiary/aromatic N) is 1. The predicted octanol–water partition coefficient (Wildman–Crippen LogP) is 5.62. The van der Waals surface area contributed by atoms with E-state index in [9.17, 15) is 13.4 Å². The van der Waals surface area contributed by atoms with Crippen molar-refractivity contribution in [3.05, 3.63) is 89.2 Å². The van der Waals surface area contributed by atoms with Crippen LogP contribution in [0.4, 0.5) is 15.8 Å². The van der Waals surface area contributed by atoms with Crippen LogP contribution in [-0.2, 0) is 11.3 Å². The number of benzene rings is 3. The lowest BCUT2D eigenvalue weighted by atomic mass is 10.1. The molecular weight excluding hydrogens is 457 g/mol. The number of aromatic nitrogens is 1. The van der Waals surface area contributed by atoms with Crippen molar-refractivity contribution >= 4 is 51.1 Å². The number of anilines is 2. The molecule has 4 aromatic rings. The zero-order valence-corrected chi connectivity index (χ0v) is 17.8. The molecule has 0 saturated carbocycles. The van der Waals surface area contributed by atoms with Gasteiger partial charge in [-0.05, 0) is 48.5 Å². The van der Waals surface area contributed by atoms with Crippen LogP contribution in [0.5, 0.6) is 11.6 Å². The van der Waals surface area contributed by atoms with E-state index in [0.717, 1.165) is 6.07 Å². The first kappa shape index (κ1) is 21.7. The second kappa shape index (κ2) is 9.31. The van der Waals surface area contributed by atoms with Crippen LogP contribution < -0.4 is 14.8 Å². The molecule has 1 unspecified atom stereocenters. The number of fused-ring (bicyclic) bond motifs is 1. The highest BCUT2D eigenvalue weighted by Gasteiger charge is 2.18. The van der Waals surface area contributed by atoms with Gasteiger partial charge in [0.2, 0.25) is 5.88 Å². The van der Waals surface area contributed by atoms with E-state index in [-0.39, 0.29) is 22.2 Å². The van der Waals surface area contributed by atoms with Gasteiger partial charge in [-0.2, -0.15) is 0 Å². The third kappa shape index (κ3) is 5.02. The summed E-state index contributed by atoms with van der Waals surface area (Å²) in [6, 6.07) is 18.7. The molecule has 0 aliphatic rings. The summed E-state index contributed by atoms with van der Waals surface area (Å²) in [4.78, 5) is 17.5. The molecule has 162 valence electrons. The summed E-state index contributed by atoms with van der Waals surface area (Å²) in [5, 5.41) is 3.45. The normalized spacial score (nSPS) is 11.7. The smallest absolute Gasteiger partial charge is 0.261 e. The van der Waals surface area contributed by atoms with E-state index < -0.39 is 23.0 Å². The zero-order valence-electron chi connectivity index (χ0n) is 16.2. The van der Waals surface area contributed by atoms with E-state index in [1.54, 1.807) is 42.5 Å². The van der Waals surface area contributed by atoms with Crippen LogP contribution in [0.25, 0.3) is 10.9 Å². The van der Waals surface area contributed by atoms with Gasteiger partial charge in [-0.1, -0.05) is 35.9 Å². The molecule has 3 aromatic carbocycles. The van der Waals surface area contributed by atoms with Crippen molar-refractivity contribution in [3.8, 4) is 11.6 Å². The van der Waals surface area contributed by atoms with E-state index in [1.807, 2.05) is 6.07 Å². The lowest BCUT2D eigenvalue weighted by Gasteiger charge is -2.13. The minimum Gasteiger partial charge on any atom is -0.437 e. The van der Waals surface area contributed by atoms with Crippen molar-refractivity contribution < 1.29 is 22.7 Å². The zero-order chi connectivity index (χ0) is 22.7. The number of amides is 1. The van der Waals surface area contributed by atoms with E-state index in [1.165, 1.54) is 18.2 Å². The van der Waals surface area contributed by atoms with Crippen molar-refractivity contribution in [1.29, 1.82) is 0 Å². The molecule has 0 aliphatic carbocycles. The maximum Gasteiger partial charge on any atom is 0.261 e. The van der Waals surface area contributed by atoms with E-state index >= 15 is 0 Å². The number of pyridine rings is 1. The summed E-state index contributed by atoms with van der Waals surface area (Å²) >= 11 is 3.82. The molecule has 1 atom stereocenters. The Hall–Kier alpha value is -3.53. The van der Waals surface area contributed by atoms with E-state index in [0.29, 0.717) is 22.3 Å². The molecule has 7 nitrogen and oxygen atoms in total. The summed E-state index contributed by atoms with van der Waals surface area (Å²) in [6.45, 7) is 0. The minimum absolute atomic E-state index is 0.0135. The average molecular weight is 472 g/mol. The number of hydrogen-bond donors (Lipinski definition) is 3. The Balaban J connectivity index is 1.71. The average Bonchev–Trinajstić information content (AvgIpc) is 2.75. The lowest BCUT2D eigenvalue weighted by Crippen LogP contribution is -2.14. The molecule has 0 saturated heterocycles. The molecule has 4 rings (SSSR count). The number of ether oxygens (including phenoxy) is 1. The molecule has 0 spiro atoms. The first-order chi connectivity index (χ1) is 15.4. The molecule has 1 heterocycles. The fourth-order valence-electron chi connectivity index (χ4n) is 2.96. The number of rotatable bonds is 6. The van der Waals surface area contributed by atoms with Gasteiger partial charge in [0.05, 0.1) is 16.2 Å². The quantitative estimate of drug-likeness (QED) is 0.317. The Morgan fingerprint density at radius 2 is 1.81 bits per heavy atom. The summed E-state index contributed by atoms with van der Waals surface area (Å²) in [7, 11) is 0. The van der Waals surface area contributed by atoms with Gasteiger partial charge in [-0.3, -0.25) is 14.1 Å². The summed E-state index contributed by atoms with van der Waals surface area (Å²) in [5.41, 5.74) is 1.43. The van der Waals surface area contributed by atoms with E-state index in [2.05, 4.69) is 15.0 Å². The minimum atomic E-state index is -2.25. The number of halogens is 2. The van der Waals surface area contributed by atoms with Crippen molar-refractivity contribution in [1.82, 2.24) is 4.98 Å². The van der Waals surface area contributed by atoms with Gasteiger partial charge in [0.1, 0.15) is 17.1 Å². The van der Waals surface area contributed by atoms with Crippen LogP contribution in [0.1, 0.15) is 10.4 Å². The summed E-state index contributed by atoms with van der Waals surface area (Å²) in [5.74, 6) is -0.926. The molecule has 3 N–H and O–H groups in total. The van der Waals surface area contributed by atoms with Gasteiger partial charge < -0.3 is 10.1 Å². The van der Waals surface area contributed by atoms with Crippen molar-refractivity contribution in [2.45, 2.75) is 0 Å². The maximum absolute atomic E-state index is 13.4. The van der Waals surface area contributed by atoms with Gasteiger partial charge in [-0.25, -0.2) is 13.6 Å². The second-order valence-corrected chi connectivity index (χ2v) is 7.71. The third-order valence-electron chi connectivity index (χ3n) is 4.36. The van der Waals surface area contributed by atoms with Crippen LogP contribution in [0.3, 0.4) is 0 Å². The first-order valence-electron chi connectivity index (χ1n) is 9.21. The highest BCUT2D eigenvalue weighted by Crippen LogP contribution is 2.32. The van der Waals surface area contributed by atoms with Gasteiger partial charge in [0, 0.05) is 11.1 Å². The van der Waals surface area contributed by atoms with Crippen molar-refractivity contribution in [2.75, 3.05) is 10.0 Å². The van der Waals surface area contributed by atoms with Crippen LogP contribution in [0, 0.1) is 5.82 Å². The van der Waals surface area contributed by atoms with E-state index in [4.69, 9.17) is 20.9 Å².